The van der Waals surface area contributed by atoms with Crippen molar-refractivity contribution in [2.24, 2.45) is 5.92 Å². The summed E-state index contributed by atoms with van der Waals surface area (Å²) in [6.45, 7) is 0. The van der Waals surface area contributed by atoms with Gasteiger partial charge in [-0.25, -0.2) is 0 Å². The van der Waals surface area contributed by atoms with Gasteiger partial charge in [0, 0.05) is 24.5 Å². The fourth-order valence-electron chi connectivity index (χ4n) is 3.16. The zero-order valence-electron chi connectivity index (χ0n) is 10.2. The smallest absolute Gasteiger partial charge is 0.0340 e. The first kappa shape index (κ1) is 11.0. The van der Waals surface area contributed by atoms with Crippen molar-refractivity contribution in [3.8, 4) is 0 Å². The molecule has 2 nitrogen and oxygen atoms in total. The molecule has 2 saturated heterocycles. The summed E-state index contributed by atoms with van der Waals surface area (Å²) in [7, 11) is 0. The Morgan fingerprint density at radius 3 is 3.12 bits per heavy atom. The molecule has 0 radical (unpaired) electrons. The average Bonchev–Trinajstić information content (AvgIpc) is 2.72. The second-order valence-corrected chi connectivity index (χ2v) is 5.29. The minimum absolute atomic E-state index is 0.711. The number of fused-ring (bicyclic) bond motifs is 2. The summed E-state index contributed by atoms with van der Waals surface area (Å²) in [6, 6.07) is 5.63. The van der Waals surface area contributed by atoms with Crippen LogP contribution in [0, 0.1) is 5.92 Å². The van der Waals surface area contributed by atoms with E-state index in [4.69, 9.17) is 0 Å². The van der Waals surface area contributed by atoms with Crippen LogP contribution in [-0.4, -0.2) is 17.1 Å². The molecular weight excluding hydrogens is 208 g/mol. The summed E-state index contributed by atoms with van der Waals surface area (Å²) in [5.74, 6) is 0.711. The van der Waals surface area contributed by atoms with Gasteiger partial charge in [-0.05, 0) is 43.2 Å². The molecule has 0 aromatic carbocycles. The molecule has 3 heterocycles. The molecule has 2 fully saturated rings. The monoisotopic (exact) mass is 228 g/mol. The van der Waals surface area contributed by atoms with Gasteiger partial charge in [-0.15, -0.1) is 0 Å². The molecule has 0 saturated carbocycles. The third kappa shape index (κ3) is 2.58. The molecule has 3 unspecified atom stereocenters. The van der Waals surface area contributed by atoms with Crippen LogP contribution in [0.4, 0.5) is 0 Å². The number of pyridine rings is 1. The largest absolute Gasteiger partial charge is 0.311 e. The first-order valence-electron chi connectivity index (χ1n) is 6.76. The van der Waals surface area contributed by atoms with Gasteiger partial charge in [0.25, 0.3) is 0 Å². The highest BCUT2D eigenvalue weighted by Gasteiger charge is 2.31. The van der Waals surface area contributed by atoms with Gasteiger partial charge in [0.2, 0.25) is 0 Å². The fraction of sp³-hybridized carbons (Fsp3) is 0.533. The van der Waals surface area contributed by atoms with Crippen LogP contribution in [-0.2, 0) is 0 Å². The standard InChI is InChI=1S/C15H20N2/c1-4-13(15-9-8-14(5-1)17-15)7-6-12-3-2-10-16-11-12/h2-3,6-7,10-11,13-15,17H,1,4-5,8-9H2. The molecule has 2 heteroatoms. The van der Waals surface area contributed by atoms with Crippen molar-refractivity contribution in [1.29, 1.82) is 0 Å². The molecule has 0 amide bonds. The molecule has 17 heavy (non-hydrogen) atoms. The van der Waals surface area contributed by atoms with E-state index in [-0.39, 0.29) is 0 Å². The van der Waals surface area contributed by atoms with Crippen LogP contribution in [0.25, 0.3) is 6.08 Å². The van der Waals surface area contributed by atoms with Crippen LogP contribution < -0.4 is 5.32 Å². The van der Waals surface area contributed by atoms with Gasteiger partial charge in [-0.1, -0.05) is 24.6 Å². The van der Waals surface area contributed by atoms with Gasteiger partial charge >= 0.3 is 0 Å². The predicted octanol–water partition coefficient (Wildman–Crippen LogP) is 3.02. The van der Waals surface area contributed by atoms with Crippen molar-refractivity contribution >= 4 is 6.08 Å². The number of hydrogen-bond acceptors (Lipinski definition) is 2. The Morgan fingerprint density at radius 1 is 1.24 bits per heavy atom. The highest BCUT2D eigenvalue weighted by Crippen LogP contribution is 2.30. The lowest BCUT2D eigenvalue weighted by atomic mass is 9.90. The normalized spacial score (nSPS) is 32.8. The van der Waals surface area contributed by atoms with Gasteiger partial charge in [0.05, 0.1) is 0 Å². The van der Waals surface area contributed by atoms with Gasteiger partial charge in [0.1, 0.15) is 0 Å². The van der Waals surface area contributed by atoms with Crippen LogP contribution in [0.1, 0.15) is 37.7 Å². The maximum atomic E-state index is 4.15. The van der Waals surface area contributed by atoms with Gasteiger partial charge < -0.3 is 5.32 Å². The Kier molecular flexibility index (Phi) is 3.23. The third-order valence-electron chi connectivity index (χ3n) is 4.10. The predicted molar refractivity (Wildman–Crippen MR) is 70.6 cm³/mol. The van der Waals surface area contributed by atoms with Crippen molar-refractivity contribution in [3.05, 3.63) is 36.2 Å². The first-order valence-corrected chi connectivity index (χ1v) is 6.76. The maximum Gasteiger partial charge on any atom is 0.0340 e. The number of nitrogens with one attached hydrogen (secondary N) is 1. The van der Waals surface area contributed by atoms with E-state index in [1.807, 2.05) is 18.5 Å². The summed E-state index contributed by atoms with van der Waals surface area (Å²) < 4.78 is 0. The Labute approximate surface area is 103 Å². The summed E-state index contributed by atoms with van der Waals surface area (Å²) >= 11 is 0. The highest BCUT2D eigenvalue weighted by atomic mass is 15.0. The molecular formula is C15H20N2. The molecule has 1 N–H and O–H groups in total. The second-order valence-electron chi connectivity index (χ2n) is 5.29. The summed E-state index contributed by atoms with van der Waals surface area (Å²) in [5, 5.41) is 3.77. The van der Waals surface area contributed by atoms with Crippen LogP contribution in [0.2, 0.25) is 0 Å². The van der Waals surface area contributed by atoms with Crippen LogP contribution in [0.5, 0.6) is 0 Å². The number of nitrogens with zero attached hydrogens (tertiary/aromatic N) is 1. The van der Waals surface area contributed by atoms with E-state index in [0.29, 0.717) is 5.92 Å². The van der Waals surface area contributed by atoms with Gasteiger partial charge in [0.15, 0.2) is 0 Å². The van der Waals surface area contributed by atoms with Crippen molar-refractivity contribution in [1.82, 2.24) is 10.3 Å². The number of rotatable bonds is 2. The van der Waals surface area contributed by atoms with Crippen molar-refractivity contribution in [2.75, 3.05) is 0 Å². The van der Waals surface area contributed by atoms with Crippen LogP contribution in [0.3, 0.4) is 0 Å². The van der Waals surface area contributed by atoms with E-state index in [1.165, 1.54) is 37.7 Å². The first-order chi connectivity index (χ1) is 8.42. The van der Waals surface area contributed by atoms with E-state index in [0.717, 1.165) is 12.1 Å². The summed E-state index contributed by atoms with van der Waals surface area (Å²) in [6.07, 6.45) is 15.2. The second kappa shape index (κ2) is 5.01. The topological polar surface area (TPSA) is 24.9 Å². The Morgan fingerprint density at radius 2 is 2.24 bits per heavy atom. The van der Waals surface area contributed by atoms with Gasteiger partial charge in [-0.2, -0.15) is 0 Å². The molecule has 1 aromatic rings. The highest BCUT2D eigenvalue weighted by molar-refractivity contribution is 5.47. The molecule has 1 aromatic heterocycles. The average molecular weight is 228 g/mol. The van der Waals surface area contributed by atoms with Crippen molar-refractivity contribution < 1.29 is 0 Å². The van der Waals surface area contributed by atoms with Gasteiger partial charge in [-0.3, -0.25) is 4.98 Å². The lowest BCUT2D eigenvalue weighted by Gasteiger charge is -2.18. The van der Waals surface area contributed by atoms with E-state index in [1.54, 1.807) is 0 Å². The molecule has 0 spiro atoms. The lowest BCUT2D eigenvalue weighted by Crippen LogP contribution is -2.31. The quantitative estimate of drug-likeness (QED) is 0.841. The van der Waals surface area contributed by atoms with Crippen molar-refractivity contribution in [3.63, 3.8) is 0 Å². The molecule has 90 valence electrons. The maximum absolute atomic E-state index is 4.15. The summed E-state index contributed by atoms with van der Waals surface area (Å²) in [5.41, 5.74) is 1.21. The molecule has 0 aliphatic carbocycles. The molecule has 3 atom stereocenters. The molecule has 3 rings (SSSR count). The van der Waals surface area contributed by atoms with E-state index >= 15 is 0 Å². The van der Waals surface area contributed by atoms with E-state index in [9.17, 15) is 0 Å². The molecule has 2 bridgehead atoms. The Hall–Kier alpha value is -1.15. The summed E-state index contributed by atoms with van der Waals surface area (Å²) in [4.78, 5) is 4.15. The van der Waals surface area contributed by atoms with Crippen LogP contribution in [0.15, 0.2) is 30.6 Å². The van der Waals surface area contributed by atoms with E-state index in [2.05, 4.69) is 28.5 Å². The minimum Gasteiger partial charge on any atom is -0.311 e. The molecule has 2 aliphatic heterocycles. The zero-order valence-corrected chi connectivity index (χ0v) is 10.2. The van der Waals surface area contributed by atoms with E-state index < -0.39 is 0 Å². The Bertz CT molecular complexity index is 385. The van der Waals surface area contributed by atoms with Crippen LogP contribution >= 0.6 is 0 Å². The fourth-order valence-corrected chi connectivity index (χ4v) is 3.16. The minimum atomic E-state index is 0.711. The zero-order chi connectivity index (χ0) is 11.5. The third-order valence-corrected chi connectivity index (χ3v) is 4.10. The van der Waals surface area contributed by atoms with Crippen molar-refractivity contribution in [2.45, 2.75) is 44.2 Å². The SMILES string of the molecule is C(=CC1CCCC2CCC1N2)c1cccnc1. The number of aromatic nitrogens is 1. The Balaban J connectivity index is 1.69. The lowest BCUT2D eigenvalue weighted by molar-refractivity contribution is 0.448. The number of hydrogen-bond donors (Lipinski definition) is 1. The molecule has 2 aliphatic rings.